The van der Waals surface area contributed by atoms with Crippen LogP contribution in [0.15, 0.2) is 24.5 Å². The van der Waals surface area contributed by atoms with Crippen molar-refractivity contribution in [3.05, 3.63) is 30.1 Å². The van der Waals surface area contributed by atoms with Gasteiger partial charge in [-0.25, -0.2) is 0 Å². The van der Waals surface area contributed by atoms with Crippen molar-refractivity contribution in [3.63, 3.8) is 0 Å². The van der Waals surface area contributed by atoms with E-state index in [-0.39, 0.29) is 25.4 Å². The van der Waals surface area contributed by atoms with E-state index in [1.165, 1.54) is 12.4 Å². The van der Waals surface area contributed by atoms with E-state index < -0.39 is 24.2 Å². The molecule has 0 radical (unpaired) electrons. The van der Waals surface area contributed by atoms with Crippen LogP contribution in [-0.2, 0) is 4.79 Å². The number of rotatable bonds is 4. The van der Waals surface area contributed by atoms with E-state index in [4.69, 9.17) is 0 Å². The molecule has 182 valence electrons. The van der Waals surface area contributed by atoms with Crippen molar-refractivity contribution in [3.8, 4) is 6.07 Å². The normalized spacial score (nSPS) is 23.5. The van der Waals surface area contributed by atoms with Crippen LogP contribution in [0, 0.1) is 17.2 Å². The maximum absolute atomic E-state index is 13.8. The largest absolute Gasteiger partial charge is 0.393 e. The summed E-state index contributed by atoms with van der Waals surface area (Å²) in [5, 5.41) is 12.2. The molecule has 0 bridgehead atoms. The zero-order valence-electron chi connectivity index (χ0n) is 19.2. The molecule has 2 aromatic rings. The van der Waals surface area contributed by atoms with Crippen molar-refractivity contribution in [2.24, 2.45) is 5.92 Å². The average Bonchev–Trinajstić information content (AvgIpc) is 2.82. The number of alkyl halides is 3. The van der Waals surface area contributed by atoms with Gasteiger partial charge in [0.1, 0.15) is 17.1 Å². The molecule has 8 nitrogen and oxygen atoms in total. The minimum absolute atomic E-state index is 0.179. The van der Waals surface area contributed by atoms with E-state index in [1.54, 1.807) is 24.0 Å². The molecule has 1 N–H and O–H groups in total. The SMILES string of the molecule is C[C@H](C(=O)N[C@@H]1C[C@H](C(F)(F)F)CN(c2ccc(C#N)c3nccnc23)C1)N1CCN(C)CC1. The molecule has 0 unspecified atom stereocenters. The lowest BCUT2D eigenvalue weighted by molar-refractivity contribution is -0.178. The Morgan fingerprint density at radius 1 is 1.15 bits per heavy atom. The molecule has 1 aromatic carbocycles. The molecule has 2 fully saturated rings. The van der Waals surface area contributed by atoms with Gasteiger partial charge in [0.15, 0.2) is 0 Å². The lowest BCUT2D eigenvalue weighted by Crippen LogP contribution is -2.58. The highest BCUT2D eigenvalue weighted by molar-refractivity contribution is 5.92. The molecule has 3 heterocycles. The lowest BCUT2D eigenvalue weighted by Gasteiger charge is -2.41. The van der Waals surface area contributed by atoms with Crippen LogP contribution in [0.25, 0.3) is 11.0 Å². The van der Waals surface area contributed by atoms with Crippen molar-refractivity contribution >= 4 is 22.6 Å². The topological polar surface area (TPSA) is 88.4 Å². The van der Waals surface area contributed by atoms with Crippen molar-refractivity contribution in [1.29, 1.82) is 5.26 Å². The predicted molar refractivity (Wildman–Crippen MR) is 121 cm³/mol. The summed E-state index contributed by atoms with van der Waals surface area (Å²) < 4.78 is 41.5. The first kappa shape index (κ1) is 24.2. The van der Waals surface area contributed by atoms with Gasteiger partial charge in [0, 0.05) is 57.7 Å². The first-order chi connectivity index (χ1) is 16.2. The number of hydrogen-bond donors (Lipinski definition) is 1. The van der Waals surface area contributed by atoms with Gasteiger partial charge in [-0.15, -0.1) is 0 Å². The van der Waals surface area contributed by atoms with Crippen molar-refractivity contribution in [1.82, 2.24) is 25.1 Å². The molecular formula is C23H28F3N7O. The minimum Gasteiger partial charge on any atom is -0.367 e. The second kappa shape index (κ2) is 9.72. The van der Waals surface area contributed by atoms with Gasteiger partial charge >= 0.3 is 6.18 Å². The van der Waals surface area contributed by atoms with Gasteiger partial charge in [0.2, 0.25) is 5.91 Å². The highest BCUT2D eigenvalue weighted by Crippen LogP contribution is 2.37. The highest BCUT2D eigenvalue weighted by Gasteiger charge is 2.45. The van der Waals surface area contributed by atoms with Gasteiger partial charge in [-0.2, -0.15) is 18.4 Å². The number of nitrogens with one attached hydrogen (secondary N) is 1. The first-order valence-corrected chi connectivity index (χ1v) is 11.4. The standard InChI is InChI=1S/C23H28F3N7O/c1-15(32-9-7-31(2)8-10-32)22(34)30-18-11-17(23(24,25)26)13-33(14-18)19-4-3-16(12-27)20-21(19)29-6-5-28-20/h3-6,15,17-18H,7-11,13-14H2,1-2H3,(H,30,34)/t15-,17+,18-/m1/s1. The number of piperazine rings is 1. The summed E-state index contributed by atoms with van der Waals surface area (Å²) in [5.74, 6) is -1.87. The second-order valence-electron chi connectivity index (χ2n) is 9.10. The number of halogens is 3. The number of aromatic nitrogens is 2. The summed E-state index contributed by atoms with van der Waals surface area (Å²) >= 11 is 0. The molecule has 11 heteroatoms. The Hall–Kier alpha value is -2.97. The van der Waals surface area contributed by atoms with Crippen molar-refractivity contribution in [2.75, 3.05) is 51.2 Å². The monoisotopic (exact) mass is 475 g/mol. The molecule has 2 saturated heterocycles. The molecular weight excluding hydrogens is 447 g/mol. The zero-order valence-corrected chi connectivity index (χ0v) is 19.2. The van der Waals surface area contributed by atoms with E-state index in [2.05, 4.69) is 25.1 Å². The molecule has 0 spiro atoms. The molecule has 2 aliphatic rings. The fourth-order valence-corrected chi connectivity index (χ4v) is 4.72. The third kappa shape index (κ3) is 5.08. The Balaban J connectivity index is 1.56. The Kier molecular flexibility index (Phi) is 6.91. The van der Waals surface area contributed by atoms with Gasteiger partial charge in [-0.05, 0) is 32.5 Å². The molecule has 3 atom stereocenters. The summed E-state index contributed by atoms with van der Waals surface area (Å²) in [6, 6.07) is 4.11. The third-order valence-electron chi connectivity index (χ3n) is 6.79. The molecule has 1 amide bonds. The first-order valence-electron chi connectivity index (χ1n) is 11.4. The lowest BCUT2D eigenvalue weighted by atomic mass is 9.92. The van der Waals surface area contributed by atoms with Crippen LogP contribution in [0.5, 0.6) is 0 Å². The molecule has 1 aromatic heterocycles. The van der Waals surface area contributed by atoms with Gasteiger partial charge in [-0.1, -0.05) is 0 Å². The van der Waals surface area contributed by atoms with E-state index in [9.17, 15) is 23.2 Å². The number of anilines is 1. The van der Waals surface area contributed by atoms with Crippen LogP contribution in [0.3, 0.4) is 0 Å². The maximum atomic E-state index is 13.8. The van der Waals surface area contributed by atoms with Crippen LogP contribution in [-0.4, -0.2) is 90.3 Å². The van der Waals surface area contributed by atoms with Crippen LogP contribution in [0.2, 0.25) is 0 Å². The molecule has 2 aliphatic heterocycles. The van der Waals surface area contributed by atoms with E-state index in [0.717, 1.165) is 26.2 Å². The second-order valence-corrected chi connectivity index (χ2v) is 9.10. The molecule has 0 aliphatic carbocycles. The number of piperidine rings is 1. The molecule has 34 heavy (non-hydrogen) atoms. The fourth-order valence-electron chi connectivity index (χ4n) is 4.72. The Morgan fingerprint density at radius 3 is 2.47 bits per heavy atom. The van der Waals surface area contributed by atoms with Gasteiger partial charge in [0.25, 0.3) is 0 Å². The van der Waals surface area contributed by atoms with Gasteiger partial charge in [0.05, 0.1) is 23.2 Å². The number of fused-ring (bicyclic) bond motifs is 1. The molecule has 4 rings (SSSR count). The van der Waals surface area contributed by atoms with E-state index in [1.807, 2.05) is 13.1 Å². The predicted octanol–water partition coefficient (Wildman–Crippen LogP) is 2.01. The number of carbonyl (C=O) groups is 1. The quantitative estimate of drug-likeness (QED) is 0.724. The fraction of sp³-hybridized carbons (Fsp3) is 0.565. The highest BCUT2D eigenvalue weighted by atomic mass is 19.4. The van der Waals surface area contributed by atoms with Crippen LogP contribution in [0.4, 0.5) is 18.9 Å². The summed E-state index contributed by atoms with van der Waals surface area (Å²) in [6.07, 6.45) is -1.68. The number of amides is 1. The summed E-state index contributed by atoms with van der Waals surface area (Å²) in [5.41, 5.74) is 1.51. The van der Waals surface area contributed by atoms with Gasteiger partial charge in [-0.3, -0.25) is 19.7 Å². The van der Waals surface area contributed by atoms with E-state index in [0.29, 0.717) is 22.3 Å². The number of carbonyl (C=O) groups excluding carboxylic acids is 1. The number of benzene rings is 1. The Morgan fingerprint density at radius 2 is 1.82 bits per heavy atom. The van der Waals surface area contributed by atoms with E-state index >= 15 is 0 Å². The maximum Gasteiger partial charge on any atom is 0.393 e. The number of nitriles is 1. The number of hydrogen-bond acceptors (Lipinski definition) is 7. The van der Waals surface area contributed by atoms with Crippen molar-refractivity contribution in [2.45, 2.75) is 31.6 Å². The Labute approximate surface area is 196 Å². The van der Waals surface area contributed by atoms with Crippen LogP contribution >= 0.6 is 0 Å². The van der Waals surface area contributed by atoms with Crippen LogP contribution < -0.4 is 10.2 Å². The molecule has 0 saturated carbocycles. The summed E-state index contributed by atoms with van der Waals surface area (Å²) in [4.78, 5) is 27.3. The smallest absolute Gasteiger partial charge is 0.367 e. The minimum atomic E-state index is -4.40. The average molecular weight is 476 g/mol. The van der Waals surface area contributed by atoms with Gasteiger partial charge < -0.3 is 15.1 Å². The third-order valence-corrected chi connectivity index (χ3v) is 6.79. The Bertz CT molecular complexity index is 1080. The van der Waals surface area contributed by atoms with Crippen LogP contribution in [0.1, 0.15) is 18.9 Å². The summed E-state index contributed by atoms with van der Waals surface area (Å²) in [6.45, 7) is 4.93. The zero-order chi connectivity index (χ0) is 24.5. The number of nitrogens with zero attached hydrogens (tertiary/aromatic N) is 6. The van der Waals surface area contributed by atoms with Crippen molar-refractivity contribution < 1.29 is 18.0 Å². The number of likely N-dealkylation sites (N-methyl/N-ethyl adjacent to an activating group) is 1. The summed E-state index contributed by atoms with van der Waals surface area (Å²) in [7, 11) is 2.02.